The van der Waals surface area contributed by atoms with Crippen LogP contribution in [0.5, 0.6) is 0 Å². The molecule has 2 unspecified atom stereocenters. The van der Waals surface area contributed by atoms with E-state index in [1.807, 2.05) is 0 Å². The average molecular weight is 290 g/mol. The fraction of sp³-hybridized carbons (Fsp3) is 0.667. The number of hydrogen-bond acceptors (Lipinski definition) is 5. The van der Waals surface area contributed by atoms with Crippen LogP contribution in [0.25, 0.3) is 0 Å². The lowest BCUT2D eigenvalue weighted by Gasteiger charge is -2.19. The molecule has 6 nitrogen and oxygen atoms in total. The number of hydrogen-bond donors (Lipinski definition) is 2. The van der Waals surface area contributed by atoms with Crippen LogP contribution in [0.2, 0.25) is 0 Å². The largest absolute Gasteiger partial charge is 0.376 e. The number of carbonyl (C=O) groups excluding carboxylic acids is 1. The van der Waals surface area contributed by atoms with E-state index < -0.39 is 0 Å². The third kappa shape index (κ3) is 3.50. The topological polar surface area (TPSA) is 76.1 Å². The van der Waals surface area contributed by atoms with Crippen molar-refractivity contribution in [2.45, 2.75) is 44.8 Å². The van der Waals surface area contributed by atoms with Gasteiger partial charge in [-0.05, 0) is 31.6 Å². The van der Waals surface area contributed by atoms with Crippen LogP contribution in [0.1, 0.15) is 43.1 Å². The fourth-order valence-corrected chi connectivity index (χ4v) is 2.71. The first-order chi connectivity index (χ1) is 10.3. The fourth-order valence-electron chi connectivity index (χ4n) is 2.71. The van der Waals surface area contributed by atoms with Crippen molar-refractivity contribution in [2.75, 3.05) is 18.5 Å². The molecule has 1 aliphatic heterocycles. The van der Waals surface area contributed by atoms with Crippen LogP contribution in [0.3, 0.4) is 0 Å². The van der Waals surface area contributed by atoms with Crippen LogP contribution < -0.4 is 10.6 Å². The molecule has 0 bridgehead atoms. The van der Waals surface area contributed by atoms with Crippen molar-refractivity contribution in [3.63, 3.8) is 0 Å². The van der Waals surface area contributed by atoms with Gasteiger partial charge in [0.1, 0.15) is 11.5 Å². The van der Waals surface area contributed by atoms with Crippen molar-refractivity contribution >= 4 is 11.7 Å². The molecule has 1 aromatic rings. The molecule has 1 saturated carbocycles. The van der Waals surface area contributed by atoms with Gasteiger partial charge in [0.05, 0.1) is 24.5 Å². The van der Waals surface area contributed by atoms with Gasteiger partial charge in [0.2, 0.25) is 0 Å². The maximum atomic E-state index is 12.3. The van der Waals surface area contributed by atoms with Gasteiger partial charge in [0.15, 0.2) is 0 Å². The molecule has 2 atom stereocenters. The van der Waals surface area contributed by atoms with Gasteiger partial charge >= 0.3 is 0 Å². The molecular formula is C15H22N4O2. The highest BCUT2D eigenvalue weighted by Crippen LogP contribution is 2.38. The first kappa shape index (κ1) is 14.3. The summed E-state index contributed by atoms with van der Waals surface area (Å²) in [5, 5.41) is 6.20. The Bertz CT molecular complexity index is 504. The lowest BCUT2D eigenvalue weighted by Crippen LogP contribution is -2.41. The van der Waals surface area contributed by atoms with Crippen molar-refractivity contribution in [1.82, 2.24) is 15.3 Å². The maximum absolute atomic E-state index is 12.3. The van der Waals surface area contributed by atoms with Crippen molar-refractivity contribution in [2.24, 2.45) is 5.92 Å². The number of carbonyl (C=O) groups is 1. The van der Waals surface area contributed by atoms with Crippen LogP contribution in [0.15, 0.2) is 12.4 Å². The molecule has 2 N–H and O–H groups in total. The Morgan fingerprint density at radius 2 is 2.24 bits per heavy atom. The Morgan fingerprint density at radius 3 is 3.00 bits per heavy atom. The molecule has 21 heavy (non-hydrogen) atoms. The van der Waals surface area contributed by atoms with Crippen LogP contribution in [0, 0.1) is 5.92 Å². The summed E-state index contributed by atoms with van der Waals surface area (Å²) in [4.78, 5) is 20.7. The van der Waals surface area contributed by atoms with E-state index in [0.29, 0.717) is 17.4 Å². The number of anilines is 1. The summed E-state index contributed by atoms with van der Waals surface area (Å²) in [6, 6.07) is 0.110. The molecule has 1 amide bonds. The minimum Gasteiger partial charge on any atom is -0.376 e. The minimum atomic E-state index is -0.163. The zero-order chi connectivity index (χ0) is 14.7. The Kier molecular flexibility index (Phi) is 4.34. The summed E-state index contributed by atoms with van der Waals surface area (Å²) in [5.41, 5.74) is 0.359. The lowest BCUT2D eigenvalue weighted by atomic mass is 10.1. The number of aromatic nitrogens is 2. The predicted molar refractivity (Wildman–Crippen MR) is 79.1 cm³/mol. The molecule has 2 aliphatic rings. The van der Waals surface area contributed by atoms with E-state index in [9.17, 15) is 4.79 Å². The Hall–Kier alpha value is -1.69. The van der Waals surface area contributed by atoms with Crippen LogP contribution in [-0.2, 0) is 4.74 Å². The van der Waals surface area contributed by atoms with Crippen LogP contribution in [-0.4, -0.2) is 41.2 Å². The van der Waals surface area contributed by atoms with E-state index in [1.54, 1.807) is 6.20 Å². The van der Waals surface area contributed by atoms with Gasteiger partial charge in [0, 0.05) is 13.2 Å². The zero-order valence-electron chi connectivity index (χ0n) is 12.3. The summed E-state index contributed by atoms with van der Waals surface area (Å²) in [6.07, 6.45) is 7.64. The second kappa shape index (κ2) is 6.39. The molecule has 2 fully saturated rings. The second-order valence-electron chi connectivity index (χ2n) is 5.76. The second-order valence-corrected chi connectivity index (χ2v) is 5.76. The van der Waals surface area contributed by atoms with E-state index >= 15 is 0 Å². The maximum Gasteiger partial charge on any atom is 0.271 e. The summed E-state index contributed by atoms with van der Waals surface area (Å²) in [6.45, 7) is 3.63. The molecule has 1 saturated heterocycles. The average Bonchev–Trinajstić information content (AvgIpc) is 3.25. The standard InChI is InChI=1S/C15H22N4O2/c1-2-6-17-13-9-16-8-12(18-13)15(20)19-11-5-7-21-14(11)10-3-4-10/h8-11,14H,2-7H2,1H3,(H,17,18)(H,19,20). The monoisotopic (exact) mass is 290 g/mol. The Morgan fingerprint density at radius 1 is 1.38 bits per heavy atom. The molecule has 0 spiro atoms. The van der Waals surface area contributed by atoms with Crippen molar-refractivity contribution in [3.05, 3.63) is 18.1 Å². The first-order valence-electron chi connectivity index (χ1n) is 7.76. The highest BCUT2D eigenvalue weighted by molar-refractivity contribution is 5.92. The number of nitrogens with zero attached hydrogens (tertiary/aromatic N) is 2. The molecule has 1 aliphatic carbocycles. The summed E-state index contributed by atoms with van der Waals surface area (Å²) < 4.78 is 5.74. The third-order valence-electron chi connectivity index (χ3n) is 3.96. The SMILES string of the molecule is CCCNc1cncc(C(=O)NC2CCOC2C2CC2)n1. The normalized spacial score (nSPS) is 24.8. The summed E-state index contributed by atoms with van der Waals surface area (Å²) in [7, 11) is 0. The van der Waals surface area contributed by atoms with Crippen LogP contribution in [0.4, 0.5) is 5.82 Å². The molecular weight excluding hydrogens is 268 g/mol. The number of amides is 1. The predicted octanol–water partition coefficient (Wildman–Crippen LogP) is 1.60. The molecule has 1 aromatic heterocycles. The molecule has 0 radical (unpaired) electrons. The number of ether oxygens (including phenoxy) is 1. The van der Waals surface area contributed by atoms with E-state index in [1.165, 1.54) is 19.0 Å². The van der Waals surface area contributed by atoms with E-state index in [4.69, 9.17) is 4.74 Å². The summed E-state index contributed by atoms with van der Waals surface area (Å²) in [5.74, 6) is 1.11. The quantitative estimate of drug-likeness (QED) is 0.832. The molecule has 3 rings (SSSR count). The number of rotatable bonds is 6. The van der Waals surface area contributed by atoms with E-state index in [-0.39, 0.29) is 18.1 Å². The van der Waals surface area contributed by atoms with Gasteiger partial charge in [-0.15, -0.1) is 0 Å². The van der Waals surface area contributed by atoms with E-state index in [0.717, 1.165) is 26.0 Å². The highest BCUT2D eigenvalue weighted by Gasteiger charge is 2.41. The van der Waals surface area contributed by atoms with Crippen LogP contribution >= 0.6 is 0 Å². The van der Waals surface area contributed by atoms with Gasteiger partial charge in [0.25, 0.3) is 5.91 Å². The van der Waals surface area contributed by atoms with Gasteiger partial charge in [-0.3, -0.25) is 9.78 Å². The van der Waals surface area contributed by atoms with Gasteiger partial charge < -0.3 is 15.4 Å². The van der Waals surface area contributed by atoms with Crippen molar-refractivity contribution < 1.29 is 9.53 Å². The molecule has 2 heterocycles. The molecule has 6 heteroatoms. The zero-order valence-corrected chi connectivity index (χ0v) is 12.3. The minimum absolute atomic E-state index is 0.110. The first-order valence-corrected chi connectivity index (χ1v) is 7.76. The smallest absolute Gasteiger partial charge is 0.271 e. The molecule has 0 aromatic carbocycles. The van der Waals surface area contributed by atoms with Gasteiger partial charge in [-0.1, -0.05) is 6.92 Å². The van der Waals surface area contributed by atoms with Gasteiger partial charge in [-0.25, -0.2) is 4.98 Å². The molecule has 114 valence electrons. The number of nitrogens with one attached hydrogen (secondary N) is 2. The lowest BCUT2D eigenvalue weighted by molar-refractivity contribution is 0.0727. The Labute approximate surface area is 124 Å². The van der Waals surface area contributed by atoms with Crippen molar-refractivity contribution in [3.8, 4) is 0 Å². The third-order valence-corrected chi connectivity index (χ3v) is 3.96. The van der Waals surface area contributed by atoms with E-state index in [2.05, 4.69) is 27.5 Å². The van der Waals surface area contributed by atoms with Crippen molar-refractivity contribution in [1.29, 1.82) is 0 Å². The summed E-state index contributed by atoms with van der Waals surface area (Å²) >= 11 is 0. The van der Waals surface area contributed by atoms with Gasteiger partial charge in [-0.2, -0.15) is 0 Å². The Balaban J connectivity index is 1.61. The highest BCUT2D eigenvalue weighted by atomic mass is 16.5.